The Morgan fingerprint density at radius 3 is 2.86 bits per heavy atom. The summed E-state index contributed by atoms with van der Waals surface area (Å²) in [6.07, 6.45) is 2.76. The molecule has 0 saturated carbocycles. The second kappa shape index (κ2) is 5.68. The second-order valence-corrected chi connectivity index (χ2v) is 8.34. The first kappa shape index (κ1) is 15.0. The Bertz CT molecular complexity index is 752. The third-order valence-corrected chi connectivity index (χ3v) is 7.57. The van der Waals surface area contributed by atoms with E-state index in [-0.39, 0.29) is 12.6 Å². The van der Waals surface area contributed by atoms with E-state index in [2.05, 4.69) is 0 Å². The fourth-order valence-corrected chi connectivity index (χ4v) is 6.70. The van der Waals surface area contributed by atoms with Crippen molar-refractivity contribution in [2.45, 2.75) is 43.7 Å². The molecule has 1 saturated heterocycles. The summed E-state index contributed by atoms with van der Waals surface area (Å²) in [6.45, 7) is 2.93. The lowest BCUT2D eigenvalue weighted by Crippen LogP contribution is -2.35. The van der Waals surface area contributed by atoms with E-state index in [0.717, 1.165) is 34.2 Å². The fourth-order valence-electron chi connectivity index (χ4n) is 3.14. The lowest BCUT2D eigenvalue weighted by atomic mass is 10.2. The highest BCUT2D eigenvalue weighted by atomic mass is 32.2. The van der Waals surface area contributed by atoms with Crippen molar-refractivity contribution < 1.29 is 8.42 Å². The van der Waals surface area contributed by atoms with Crippen molar-refractivity contribution in [1.82, 2.24) is 4.31 Å². The number of hydrogen-bond donors (Lipinski definition) is 1. The van der Waals surface area contributed by atoms with Crippen LogP contribution in [-0.2, 0) is 16.6 Å². The molecule has 1 unspecified atom stereocenters. The van der Waals surface area contributed by atoms with Crippen LogP contribution in [0.3, 0.4) is 0 Å². The van der Waals surface area contributed by atoms with Gasteiger partial charge in [-0.1, -0.05) is 25.1 Å². The topological polar surface area (TPSA) is 63.4 Å². The zero-order valence-corrected chi connectivity index (χ0v) is 13.7. The van der Waals surface area contributed by atoms with Gasteiger partial charge in [0.25, 0.3) is 0 Å². The van der Waals surface area contributed by atoms with E-state index in [9.17, 15) is 8.42 Å². The molecule has 0 aliphatic carbocycles. The van der Waals surface area contributed by atoms with Gasteiger partial charge in [-0.3, -0.25) is 0 Å². The molecule has 2 N–H and O–H groups in total. The Hall–Kier alpha value is -0.950. The zero-order valence-electron chi connectivity index (χ0n) is 12.1. The van der Waals surface area contributed by atoms with Gasteiger partial charge in [-0.2, -0.15) is 4.31 Å². The summed E-state index contributed by atoms with van der Waals surface area (Å²) in [5.41, 5.74) is 5.80. The molecular formula is C15H20N2O2S2. The average molecular weight is 324 g/mol. The molecule has 1 fully saturated rings. The summed E-state index contributed by atoms with van der Waals surface area (Å²) in [5, 5.41) is 0.810. The van der Waals surface area contributed by atoms with Crippen molar-refractivity contribution in [2.75, 3.05) is 6.54 Å². The first-order valence-corrected chi connectivity index (χ1v) is 9.57. The van der Waals surface area contributed by atoms with Crippen LogP contribution in [0.5, 0.6) is 0 Å². The molecule has 2 aromatic rings. The standard InChI is InChI=1S/C15H20N2O2S2/c1-2-11-6-5-9-17(11)21(18,19)15-12-7-3-4-8-13(12)20-14(15)10-16/h3-4,7-8,11H,2,5-6,9-10,16H2,1H3. The largest absolute Gasteiger partial charge is 0.326 e. The third kappa shape index (κ3) is 2.40. The molecule has 2 heterocycles. The van der Waals surface area contributed by atoms with Gasteiger partial charge in [0, 0.05) is 34.1 Å². The normalized spacial score (nSPS) is 20.4. The van der Waals surface area contributed by atoms with Crippen LogP contribution in [0.25, 0.3) is 10.1 Å². The van der Waals surface area contributed by atoms with Crippen LogP contribution in [0.15, 0.2) is 29.2 Å². The summed E-state index contributed by atoms with van der Waals surface area (Å²) in [5.74, 6) is 0. The zero-order chi connectivity index (χ0) is 15.0. The number of nitrogens with two attached hydrogens (primary N) is 1. The van der Waals surface area contributed by atoms with Crippen LogP contribution < -0.4 is 5.73 Å². The summed E-state index contributed by atoms with van der Waals surface area (Å²) < 4.78 is 28.9. The Labute approximate surface area is 129 Å². The minimum atomic E-state index is -3.46. The SMILES string of the molecule is CCC1CCCN1S(=O)(=O)c1c(CN)sc2ccccc12. The van der Waals surface area contributed by atoms with E-state index in [0.29, 0.717) is 11.4 Å². The van der Waals surface area contributed by atoms with Crippen LogP contribution in [0, 0.1) is 0 Å². The molecule has 1 aliphatic rings. The smallest absolute Gasteiger partial charge is 0.245 e. The summed E-state index contributed by atoms with van der Waals surface area (Å²) >= 11 is 1.49. The van der Waals surface area contributed by atoms with E-state index in [1.807, 2.05) is 31.2 Å². The molecule has 0 bridgehead atoms. The predicted molar refractivity (Wildman–Crippen MR) is 86.9 cm³/mol. The van der Waals surface area contributed by atoms with Gasteiger partial charge < -0.3 is 5.73 Å². The van der Waals surface area contributed by atoms with E-state index >= 15 is 0 Å². The predicted octanol–water partition coefficient (Wildman–Crippen LogP) is 2.92. The molecule has 0 radical (unpaired) electrons. The summed E-state index contributed by atoms with van der Waals surface area (Å²) in [7, 11) is -3.46. The molecule has 4 nitrogen and oxygen atoms in total. The van der Waals surface area contributed by atoms with Crippen LogP contribution in [0.4, 0.5) is 0 Å². The van der Waals surface area contributed by atoms with Gasteiger partial charge in [-0.15, -0.1) is 11.3 Å². The molecule has 0 spiro atoms. The number of rotatable bonds is 4. The Balaban J connectivity index is 2.18. The summed E-state index contributed by atoms with van der Waals surface area (Å²) in [4.78, 5) is 1.20. The fraction of sp³-hybridized carbons (Fsp3) is 0.467. The van der Waals surface area contributed by atoms with Crippen LogP contribution in [0.1, 0.15) is 31.1 Å². The van der Waals surface area contributed by atoms with Crippen molar-refractivity contribution in [3.05, 3.63) is 29.1 Å². The van der Waals surface area contributed by atoms with Gasteiger partial charge in [0.15, 0.2) is 0 Å². The van der Waals surface area contributed by atoms with Crippen molar-refractivity contribution in [1.29, 1.82) is 0 Å². The lowest BCUT2D eigenvalue weighted by Gasteiger charge is -2.23. The number of benzene rings is 1. The Morgan fingerprint density at radius 2 is 2.14 bits per heavy atom. The van der Waals surface area contributed by atoms with Gasteiger partial charge in [0.1, 0.15) is 4.90 Å². The Kier molecular flexibility index (Phi) is 4.05. The van der Waals surface area contributed by atoms with Crippen LogP contribution in [0.2, 0.25) is 0 Å². The van der Waals surface area contributed by atoms with E-state index in [1.165, 1.54) is 11.3 Å². The monoisotopic (exact) mass is 324 g/mol. The molecule has 0 amide bonds. The number of sulfonamides is 1. The molecule has 1 aromatic carbocycles. The maximum absolute atomic E-state index is 13.1. The van der Waals surface area contributed by atoms with E-state index in [1.54, 1.807) is 4.31 Å². The van der Waals surface area contributed by atoms with Crippen molar-refractivity contribution in [3.8, 4) is 0 Å². The van der Waals surface area contributed by atoms with Crippen LogP contribution >= 0.6 is 11.3 Å². The maximum atomic E-state index is 13.1. The first-order valence-electron chi connectivity index (χ1n) is 7.32. The number of hydrogen-bond acceptors (Lipinski definition) is 4. The van der Waals surface area contributed by atoms with Gasteiger partial charge in [0.05, 0.1) is 0 Å². The van der Waals surface area contributed by atoms with Gasteiger partial charge >= 0.3 is 0 Å². The van der Waals surface area contributed by atoms with Crippen molar-refractivity contribution in [3.63, 3.8) is 0 Å². The highest BCUT2D eigenvalue weighted by molar-refractivity contribution is 7.89. The number of fused-ring (bicyclic) bond motifs is 1. The minimum Gasteiger partial charge on any atom is -0.326 e. The van der Waals surface area contributed by atoms with Crippen molar-refractivity contribution >= 4 is 31.4 Å². The molecule has 1 atom stereocenters. The molecule has 1 aliphatic heterocycles. The van der Waals surface area contributed by atoms with Gasteiger partial charge in [-0.05, 0) is 25.3 Å². The molecule has 1 aromatic heterocycles. The van der Waals surface area contributed by atoms with Gasteiger partial charge in [0.2, 0.25) is 10.0 Å². The Morgan fingerprint density at radius 1 is 1.38 bits per heavy atom. The quantitative estimate of drug-likeness (QED) is 0.940. The molecule has 3 rings (SSSR count). The average Bonchev–Trinajstić information content (AvgIpc) is 3.11. The van der Waals surface area contributed by atoms with Gasteiger partial charge in [-0.25, -0.2) is 8.42 Å². The lowest BCUT2D eigenvalue weighted by molar-refractivity contribution is 0.380. The number of thiophene rings is 1. The third-order valence-electron chi connectivity index (χ3n) is 4.16. The maximum Gasteiger partial charge on any atom is 0.245 e. The first-order chi connectivity index (χ1) is 10.1. The highest BCUT2D eigenvalue weighted by Crippen LogP contribution is 2.38. The molecule has 21 heavy (non-hydrogen) atoms. The van der Waals surface area contributed by atoms with E-state index < -0.39 is 10.0 Å². The van der Waals surface area contributed by atoms with Crippen LogP contribution in [-0.4, -0.2) is 25.3 Å². The van der Waals surface area contributed by atoms with Crippen molar-refractivity contribution in [2.24, 2.45) is 5.73 Å². The van der Waals surface area contributed by atoms with E-state index in [4.69, 9.17) is 5.73 Å². The summed E-state index contributed by atoms with van der Waals surface area (Å²) in [6, 6.07) is 7.78. The molecule has 6 heteroatoms. The minimum absolute atomic E-state index is 0.124. The second-order valence-electron chi connectivity index (χ2n) is 5.37. The highest BCUT2D eigenvalue weighted by Gasteiger charge is 2.37. The molecule has 114 valence electrons. The molecular weight excluding hydrogens is 304 g/mol. The number of nitrogens with zero attached hydrogens (tertiary/aromatic N) is 1.